The predicted octanol–water partition coefficient (Wildman–Crippen LogP) is 2.26. The van der Waals surface area contributed by atoms with E-state index in [-0.39, 0.29) is 17.6 Å². The quantitative estimate of drug-likeness (QED) is 0.532. The number of carbonyl (C=O) groups excluding carboxylic acids is 2. The van der Waals surface area contributed by atoms with Crippen LogP contribution in [-0.2, 0) is 9.59 Å². The summed E-state index contributed by atoms with van der Waals surface area (Å²) < 4.78 is 0. The average Bonchev–Trinajstić information content (AvgIpc) is 3.53. The SMILES string of the molecule is C=CC(=O)N1CC(N2CCN(C(=O)[C@@H](C)Nc3cc(C4CC4)c(Cl)cc3O)CC2)C1. The number of halogens is 1. The van der Waals surface area contributed by atoms with Crippen molar-refractivity contribution in [3.63, 3.8) is 0 Å². The van der Waals surface area contributed by atoms with E-state index in [4.69, 9.17) is 11.6 Å². The van der Waals surface area contributed by atoms with Crippen LogP contribution in [0.25, 0.3) is 0 Å². The van der Waals surface area contributed by atoms with Crippen LogP contribution in [0.1, 0.15) is 31.2 Å². The molecule has 0 unspecified atom stereocenters. The number of likely N-dealkylation sites (tertiary alicyclic amines) is 1. The second-order valence-corrected chi connectivity index (χ2v) is 8.90. The minimum absolute atomic E-state index is 0.0183. The molecule has 3 aliphatic rings. The molecule has 2 heterocycles. The molecule has 1 aliphatic carbocycles. The monoisotopic (exact) mass is 432 g/mol. The summed E-state index contributed by atoms with van der Waals surface area (Å²) in [4.78, 5) is 30.5. The third-order valence-electron chi connectivity index (χ3n) is 6.37. The van der Waals surface area contributed by atoms with Gasteiger partial charge in [-0.05, 0) is 43.4 Å². The van der Waals surface area contributed by atoms with Crippen molar-refractivity contribution in [1.29, 1.82) is 0 Å². The summed E-state index contributed by atoms with van der Waals surface area (Å²) in [7, 11) is 0. The van der Waals surface area contributed by atoms with E-state index in [1.165, 1.54) is 6.08 Å². The number of phenols is 1. The van der Waals surface area contributed by atoms with E-state index in [0.29, 0.717) is 35.8 Å². The molecule has 4 rings (SSSR count). The molecule has 162 valence electrons. The molecule has 2 N–H and O–H groups in total. The number of carbonyl (C=O) groups is 2. The molecule has 2 amide bonds. The van der Waals surface area contributed by atoms with Gasteiger partial charge in [-0.3, -0.25) is 14.5 Å². The maximum absolute atomic E-state index is 12.9. The molecule has 0 spiro atoms. The Morgan fingerprint density at radius 1 is 1.20 bits per heavy atom. The average molecular weight is 433 g/mol. The van der Waals surface area contributed by atoms with Crippen molar-refractivity contribution in [2.24, 2.45) is 0 Å². The van der Waals surface area contributed by atoms with Gasteiger partial charge in [-0.2, -0.15) is 0 Å². The Balaban J connectivity index is 1.29. The van der Waals surface area contributed by atoms with Gasteiger partial charge in [-0.25, -0.2) is 0 Å². The molecule has 0 bridgehead atoms. The van der Waals surface area contributed by atoms with Gasteiger partial charge >= 0.3 is 0 Å². The summed E-state index contributed by atoms with van der Waals surface area (Å²) in [6.45, 7) is 9.75. The number of nitrogens with zero attached hydrogens (tertiary/aromatic N) is 3. The molecule has 2 aliphatic heterocycles. The van der Waals surface area contributed by atoms with Gasteiger partial charge in [-0.15, -0.1) is 0 Å². The lowest BCUT2D eigenvalue weighted by Gasteiger charge is -2.48. The van der Waals surface area contributed by atoms with Gasteiger partial charge < -0.3 is 20.2 Å². The Bertz CT molecular complexity index is 843. The highest BCUT2D eigenvalue weighted by atomic mass is 35.5. The third-order valence-corrected chi connectivity index (χ3v) is 6.69. The molecule has 30 heavy (non-hydrogen) atoms. The maximum atomic E-state index is 12.9. The van der Waals surface area contributed by atoms with Crippen LogP contribution >= 0.6 is 11.6 Å². The lowest BCUT2D eigenvalue weighted by atomic mass is 10.1. The lowest BCUT2D eigenvalue weighted by Crippen LogP contribution is -2.64. The molecule has 2 saturated heterocycles. The first-order valence-corrected chi connectivity index (χ1v) is 11.0. The minimum Gasteiger partial charge on any atom is -0.506 e. The van der Waals surface area contributed by atoms with Gasteiger partial charge in [0.2, 0.25) is 11.8 Å². The third kappa shape index (κ3) is 4.27. The highest BCUT2D eigenvalue weighted by Crippen LogP contribution is 2.46. The number of benzene rings is 1. The number of amides is 2. The van der Waals surface area contributed by atoms with Crippen molar-refractivity contribution in [1.82, 2.24) is 14.7 Å². The first kappa shape index (κ1) is 21.0. The van der Waals surface area contributed by atoms with E-state index in [2.05, 4.69) is 16.8 Å². The highest BCUT2D eigenvalue weighted by molar-refractivity contribution is 6.31. The van der Waals surface area contributed by atoms with Crippen molar-refractivity contribution in [2.75, 3.05) is 44.6 Å². The zero-order valence-corrected chi connectivity index (χ0v) is 18.1. The summed E-state index contributed by atoms with van der Waals surface area (Å²) in [6, 6.07) is 3.37. The predicted molar refractivity (Wildman–Crippen MR) is 117 cm³/mol. The van der Waals surface area contributed by atoms with Crippen molar-refractivity contribution in [3.05, 3.63) is 35.4 Å². The van der Waals surface area contributed by atoms with Gasteiger partial charge in [0, 0.05) is 56.4 Å². The van der Waals surface area contributed by atoms with Gasteiger partial charge in [0.15, 0.2) is 0 Å². The molecule has 1 aromatic carbocycles. The van der Waals surface area contributed by atoms with Crippen LogP contribution in [0.5, 0.6) is 5.75 Å². The minimum atomic E-state index is -0.444. The first-order chi connectivity index (χ1) is 14.4. The van der Waals surface area contributed by atoms with Crippen LogP contribution in [-0.4, -0.2) is 83.0 Å². The molecule has 1 aromatic rings. The van der Waals surface area contributed by atoms with Crippen molar-refractivity contribution in [2.45, 2.75) is 37.8 Å². The summed E-state index contributed by atoms with van der Waals surface area (Å²) in [5.74, 6) is 0.531. The summed E-state index contributed by atoms with van der Waals surface area (Å²) in [5, 5.41) is 14.0. The van der Waals surface area contributed by atoms with Crippen molar-refractivity contribution in [3.8, 4) is 5.75 Å². The van der Waals surface area contributed by atoms with Crippen molar-refractivity contribution < 1.29 is 14.7 Å². The van der Waals surface area contributed by atoms with E-state index in [1.54, 1.807) is 11.0 Å². The second-order valence-electron chi connectivity index (χ2n) is 8.49. The standard InChI is InChI=1S/C22H29ClN4O3/c1-3-21(29)27-12-16(13-27)25-6-8-26(9-7-25)22(30)14(2)24-19-10-17(15-4-5-15)18(23)11-20(19)28/h3,10-11,14-16,24,28H,1,4-9,12-13H2,2H3/t14-/m1/s1. The molecule has 1 atom stereocenters. The van der Waals surface area contributed by atoms with E-state index in [9.17, 15) is 14.7 Å². The number of anilines is 1. The van der Waals surface area contributed by atoms with E-state index in [1.807, 2.05) is 17.9 Å². The van der Waals surface area contributed by atoms with Crippen LogP contribution in [0.2, 0.25) is 5.02 Å². The Morgan fingerprint density at radius 2 is 1.87 bits per heavy atom. The van der Waals surface area contributed by atoms with E-state index >= 15 is 0 Å². The normalized spacial score (nSPS) is 21.1. The fourth-order valence-corrected chi connectivity index (χ4v) is 4.59. The topological polar surface area (TPSA) is 76.1 Å². The smallest absolute Gasteiger partial charge is 0.246 e. The Labute approximate surface area is 182 Å². The van der Waals surface area contributed by atoms with Crippen LogP contribution in [0.4, 0.5) is 5.69 Å². The van der Waals surface area contributed by atoms with Gasteiger partial charge in [-0.1, -0.05) is 18.2 Å². The van der Waals surface area contributed by atoms with Crippen molar-refractivity contribution >= 4 is 29.1 Å². The van der Waals surface area contributed by atoms with E-state index < -0.39 is 6.04 Å². The number of nitrogens with one attached hydrogen (secondary N) is 1. The summed E-state index contributed by atoms with van der Waals surface area (Å²) >= 11 is 6.25. The molecule has 7 nitrogen and oxygen atoms in total. The molecule has 1 saturated carbocycles. The molecular weight excluding hydrogens is 404 g/mol. The molecule has 0 radical (unpaired) electrons. The van der Waals surface area contributed by atoms with Crippen LogP contribution in [0.3, 0.4) is 0 Å². The number of phenolic OH excluding ortho intramolecular Hbond substituents is 1. The molecule has 0 aromatic heterocycles. The maximum Gasteiger partial charge on any atom is 0.246 e. The highest BCUT2D eigenvalue weighted by Gasteiger charge is 2.36. The lowest BCUT2D eigenvalue weighted by molar-refractivity contribution is -0.136. The zero-order valence-electron chi connectivity index (χ0n) is 17.3. The Hall–Kier alpha value is -2.25. The van der Waals surface area contributed by atoms with Gasteiger partial charge in [0.25, 0.3) is 0 Å². The van der Waals surface area contributed by atoms with Crippen LogP contribution < -0.4 is 5.32 Å². The first-order valence-electron chi connectivity index (χ1n) is 10.6. The number of aromatic hydroxyl groups is 1. The van der Waals surface area contributed by atoms with Crippen LogP contribution in [0.15, 0.2) is 24.8 Å². The number of rotatable bonds is 6. The largest absolute Gasteiger partial charge is 0.506 e. The number of hydrogen-bond acceptors (Lipinski definition) is 5. The van der Waals surface area contributed by atoms with E-state index in [0.717, 1.165) is 44.6 Å². The van der Waals surface area contributed by atoms with Gasteiger partial charge in [0.05, 0.1) is 5.69 Å². The molecular formula is C22H29ClN4O3. The summed E-state index contributed by atoms with van der Waals surface area (Å²) in [6.07, 6.45) is 3.58. The van der Waals surface area contributed by atoms with Crippen LogP contribution in [0, 0.1) is 0 Å². The fraction of sp³-hybridized carbons (Fsp3) is 0.545. The Morgan fingerprint density at radius 3 is 2.47 bits per heavy atom. The zero-order chi connectivity index (χ0) is 21.4. The molecule has 8 heteroatoms. The fourth-order valence-electron chi connectivity index (χ4n) is 4.27. The van der Waals surface area contributed by atoms with Gasteiger partial charge in [0.1, 0.15) is 11.8 Å². The number of hydrogen-bond donors (Lipinski definition) is 2. The molecule has 3 fully saturated rings. The Kier molecular flexibility index (Phi) is 5.93. The second kappa shape index (κ2) is 8.47. The number of piperazine rings is 1. The summed E-state index contributed by atoms with van der Waals surface area (Å²) in [5.41, 5.74) is 1.59.